The Morgan fingerprint density at radius 3 is 2.36 bits per heavy atom. The molecule has 1 aromatic carbocycles. The van der Waals surface area contributed by atoms with Crippen molar-refractivity contribution in [2.75, 3.05) is 38.0 Å². The summed E-state index contributed by atoms with van der Waals surface area (Å²) in [5.41, 5.74) is 0.677. The number of carbonyl (C=O) groups excluding carboxylic acids is 1. The van der Waals surface area contributed by atoms with E-state index in [2.05, 4.69) is 16.4 Å². The first-order valence-corrected chi connectivity index (χ1v) is 10.2. The highest BCUT2D eigenvalue weighted by Crippen LogP contribution is 2.16. The number of unbranched alkanes of at least 4 members (excludes halogenated alkanes) is 1. The number of amides is 1. The van der Waals surface area contributed by atoms with E-state index in [1.165, 1.54) is 0 Å². The Bertz CT molecular complexity index is 600. The predicted octanol–water partition coefficient (Wildman–Crippen LogP) is 2.58. The van der Waals surface area contributed by atoms with Gasteiger partial charge in [-0.25, -0.2) is 0 Å². The molecule has 0 aliphatic heterocycles. The van der Waals surface area contributed by atoms with Gasteiger partial charge in [-0.1, -0.05) is 13.3 Å². The molecule has 0 saturated carbocycles. The number of ether oxygens (including phenoxy) is 2. The van der Waals surface area contributed by atoms with Crippen LogP contribution in [0.4, 0.5) is 5.69 Å². The molecule has 0 aliphatic carbocycles. The Kier molecular flexibility index (Phi) is 10.1. The molecule has 0 heterocycles. The molecule has 0 bridgehead atoms. The van der Waals surface area contributed by atoms with Crippen molar-refractivity contribution in [3.05, 3.63) is 24.3 Å². The monoisotopic (exact) mass is 373 g/mol. The molecule has 1 amide bonds. The van der Waals surface area contributed by atoms with Gasteiger partial charge in [0.05, 0.1) is 6.26 Å². The third-order valence-corrected chi connectivity index (χ3v) is 3.72. The van der Waals surface area contributed by atoms with Crippen LogP contribution in [0.15, 0.2) is 24.3 Å². The highest BCUT2D eigenvalue weighted by atomic mass is 32.2. The summed E-state index contributed by atoms with van der Waals surface area (Å²) in [6, 6.07) is 6.85. The SMILES string of the molecule is CCCCOCCCC(=O)Nc1ccc(OCCOS(C)(=O)=O)cc1. The van der Waals surface area contributed by atoms with E-state index in [0.29, 0.717) is 30.9 Å². The lowest BCUT2D eigenvalue weighted by molar-refractivity contribution is -0.116. The topological polar surface area (TPSA) is 90.9 Å². The van der Waals surface area contributed by atoms with Crippen molar-refractivity contribution in [1.29, 1.82) is 0 Å². The Hall–Kier alpha value is -1.64. The zero-order chi connectivity index (χ0) is 18.5. The van der Waals surface area contributed by atoms with E-state index in [1.54, 1.807) is 24.3 Å². The van der Waals surface area contributed by atoms with Crippen LogP contribution in [-0.2, 0) is 23.8 Å². The van der Waals surface area contributed by atoms with Crippen LogP contribution in [0.1, 0.15) is 32.6 Å². The van der Waals surface area contributed by atoms with Crippen LogP contribution < -0.4 is 10.1 Å². The van der Waals surface area contributed by atoms with Gasteiger partial charge in [0.2, 0.25) is 5.91 Å². The molecule has 0 unspecified atom stereocenters. The summed E-state index contributed by atoms with van der Waals surface area (Å²) in [6.07, 6.45) is 4.23. The largest absolute Gasteiger partial charge is 0.491 e. The minimum atomic E-state index is -3.45. The predicted molar refractivity (Wildman–Crippen MR) is 96.3 cm³/mol. The third-order valence-electron chi connectivity index (χ3n) is 3.12. The van der Waals surface area contributed by atoms with E-state index in [4.69, 9.17) is 9.47 Å². The lowest BCUT2D eigenvalue weighted by Gasteiger charge is -2.08. The molecule has 7 nitrogen and oxygen atoms in total. The van der Waals surface area contributed by atoms with Crippen molar-refractivity contribution in [3.8, 4) is 5.75 Å². The second-order valence-corrected chi connectivity index (χ2v) is 7.16. The molecule has 0 radical (unpaired) electrons. The van der Waals surface area contributed by atoms with E-state index in [-0.39, 0.29) is 19.1 Å². The number of hydrogen-bond donors (Lipinski definition) is 1. The molecule has 1 N–H and O–H groups in total. The van der Waals surface area contributed by atoms with Crippen LogP contribution in [0.2, 0.25) is 0 Å². The molecule has 0 aliphatic rings. The first-order valence-electron chi connectivity index (χ1n) is 8.35. The maximum absolute atomic E-state index is 11.8. The van der Waals surface area contributed by atoms with E-state index in [0.717, 1.165) is 25.7 Å². The van der Waals surface area contributed by atoms with Crippen LogP contribution in [0, 0.1) is 0 Å². The van der Waals surface area contributed by atoms with Crippen LogP contribution >= 0.6 is 0 Å². The van der Waals surface area contributed by atoms with Crippen molar-refractivity contribution in [1.82, 2.24) is 0 Å². The number of rotatable bonds is 13. The molecule has 0 atom stereocenters. The number of carbonyl (C=O) groups is 1. The maximum Gasteiger partial charge on any atom is 0.264 e. The number of benzene rings is 1. The third kappa shape index (κ3) is 11.5. The smallest absolute Gasteiger partial charge is 0.264 e. The van der Waals surface area contributed by atoms with Gasteiger partial charge in [0.15, 0.2) is 0 Å². The Labute approximate surface area is 149 Å². The minimum Gasteiger partial charge on any atom is -0.491 e. The summed E-state index contributed by atoms with van der Waals surface area (Å²) in [5, 5.41) is 2.80. The summed E-state index contributed by atoms with van der Waals surface area (Å²) in [6.45, 7) is 3.52. The van der Waals surface area contributed by atoms with Gasteiger partial charge in [0.1, 0.15) is 19.0 Å². The average molecular weight is 373 g/mol. The molecule has 1 aromatic rings. The van der Waals surface area contributed by atoms with E-state index >= 15 is 0 Å². The first kappa shape index (κ1) is 21.4. The normalized spacial score (nSPS) is 11.3. The lowest BCUT2D eigenvalue weighted by Crippen LogP contribution is -2.13. The second kappa shape index (κ2) is 11.8. The fourth-order valence-electron chi connectivity index (χ4n) is 1.89. The Morgan fingerprint density at radius 2 is 1.72 bits per heavy atom. The standard InChI is InChI=1S/C17H27NO6S/c1-3-4-11-22-12-5-6-17(19)18-15-7-9-16(10-8-15)23-13-14-24-25(2,20)21/h7-10H,3-6,11-14H2,1-2H3,(H,18,19). The molecular weight excluding hydrogens is 346 g/mol. The van der Waals surface area contributed by atoms with Gasteiger partial charge in [0.25, 0.3) is 10.1 Å². The van der Waals surface area contributed by atoms with Crippen molar-refractivity contribution in [3.63, 3.8) is 0 Å². The quantitative estimate of drug-likeness (QED) is 0.422. The van der Waals surface area contributed by atoms with E-state index < -0.39 is 10.1 Å². The number of anilines is 1. The molecule has 0 fully saturated rings. The average Bonchev–Trinajstić information content (AvgIpc) is 2.55. The Morgan fingerprint density at radius 1 is 1.04 bits per heavy atom. The van der Waals surface area contributed by atoms with Gasteiger partial charge in [-0.3, -0.25) is 8.98 Å². The van der Waals surface area contributed by atoms with Crippen LogP contribution in [0.5, 0.6) is 5.75 Å². The Balaban J connectivity index is 2.21. The molecule has 142 valence electrons. The van der Waals surface area contributed by atoms with E-state index in [9.17, 15) is 13.2 Å². The van der Waals surface area contributed by atoms with Gasteiger partial charge in [-0.2, -0.15) is 8.42 Å². The van der Waals surface area contributed by atoms with Crippen LogP contribution in [0.25, 0.3) is 0 Å². The zero-order valence-corrected chi connectivity index (χ0v) is 15.6. The fraction of sp³-hybridized carbons (Fsp3) is 0.588. The minimum absolute atomic E-state index is 0.0440. The van der Waals surface area contributed by atoms with Gasteiger partial charge < -0.3 is 14.8 Å². The van der Waals surface area contributed by atoms with Gasteiger partial charge in [-0.05, 0) is 37.1 Å². The number of nitrogens with one attached hydrogen (secondary N) is 1. The highest BCUT2D eigenvalue weighted by Gasteiger charge is 2.04. The maximum atomic E-state index is 11.8. The summed E-state index contributed by atoms with van der Waals surface area (Å²) in [7, 11) is -3.45. The second-order valence-electron chi connectivity index (χ2n) is 5.52. The summed E-state index contributed by atoms with van der Waals surface area (Å²) in [5.74, 6) is 0.508. The van der Waals surface area contributed by atoms with Crippen molar-refractivity contribution >= 4 is 21.7 Å². The lowest BCUT2D eigenvalue weighted by atomic mass is 10.2. The van der Waals surface area contributed by atoms with Crippen molar-refractivity contribution < 1.29 is 26.9 Å². The molecule has 8 heteroatoms. The molecular formula is C17H27NO6S. The summed E-state index contributed by atoms with van der Waals surface area (Å²) in [4.78, 5) is 11.8. The van der Waals surface area contributed by atoms with Crippen molar-refractivity contribution in [2.45, 2.75) is 32.6 Å². The van der Waals surface area contributed by atoms with Crippen LogP contribution in [0.3, 0.4) is 0 Å². The van der Waals surface area contributed by atoms with Crippen LogP contribution in [-0.4, -0.2) is 47.0 Å². The molecule has 0 aromatic heterocycles. The molecule has 0 spiro atoms. The van der Waals surface area contributed by atoms with Gasteiger partial charge in [0, 0.05) is 25.3 Å². The molecule has 0 saturated heterocycles. The summed E-state index contributed by atoms with van der Waals surface area (Å²) >= 11 is 0. The summed E-state index contributed by atoms with van der Waals surface area (Å²) < 4.78 is 37.0. The van der Waals surface area contributed by atoms with Gasteiger partial charge >= 0.3 is 0 Å². The van der Waals surface area contributed by atoms with E-state index in [1.807, 2.05) is 0 Å². The number of hydrogen-bond acceptors (Lipinski definition) is 6. The molecule has 1 rings (SSSR count). The highest BCUT2D eigenvalue weighted by molar-refractivity contribution is 7.85. The van der Waals surface area contributed by atoms with Gasteiger partial charge in [-0.15, -0.1) is 0 Å². The molecule has 25 heavy (non-hydrogen) atoms. The van der Waals surface area contributed by atoms with Crippen molar-refractivity contribution in [2.24, 2.45) is 0 Å². The zero-order valence-electron chi connectivity index (χ0n) is 14.8. The fourth-order valence-corrected chi connectivity index (χ4v) is 2.26. The first-order chi connectivity index (χ1) is 11.9.